The number of nitrogens with two attached hydrogens (primary N) is 1. The average Bonchev–Trinajstić information content (AvgIpc) is 2.36. The predicted molar refractivity (Wildman–Crippen MR) is 75.9 cm³/mol. The highest BCUT2D eigenvalue weighted by Gasteiger charge is 2.04. The smallest absolute Gasteiger partial charge is 0.133 e. The lowest BCUT2D eigenvalue weighted by Crippen LogP contribution is -2.11. The maximum Gasteiger partial charge on any atom is 0.133 e. The molecule has 0 spiro atoms. The Morgan fingerprint density at radius 3 is 2.37 bits per heavy atom. The summed E-state index contributed by atoms with van der Waals surface area (Å²) in [7, 11) is 0. The minimum atomic E-state index is 0.570. The van der Waals surface area contributed by atoms with Crippen molar-refractivity contribution < 1.29 is 0 Å². The van der Waals surface area contributed by atoms with Crippen LogP contribution < -0.4 is 5.73 Å². The van der Waals surface area contributed by atoms with Gasteiger partial charge in [0.15, 0.2) is 0 Å². The lowest BCUT2D eigenvalue weighted by molar-refractivity contribution is 0.755. The highest BCUT2D eigenvalue weighted by atomic mass is 15.0. The molecule has 2 rings (SSSR count). The molecule has 1 aromatic heterocycles. The third-order valence-corrected chi connectivity index (χ3v) is 2.93. The molecular formula is C15H20N4. The summed E-state index contributed by atoms with van der Waals surface area (Å²) in [6.07, 6.45) is 2.50. The van der Waals surface area contributed by atoms with Crippen LogP contribution >= 0.6 is 0 Å². The number of aryl methyl sites for hydroxylation is 4. The molecule has 19 heavy (non-hydrogen) atoms. The topological polar surface area (TPSA) is 64.7 Å². The van der Waals surface area contributed by atoms with Crippen LogP contribution in [0, 0.1) is 13.8 Å². The number of benzene rings is 1. The molecular weight excluding hydrogens is 236 g/mol. The van der Waals surface area contributed by atoms with E-state index in [9.17, 15) is 0 Å². The molecule has 0 bridgehead atoms. The molecule has 1 heterocycles. The molecule has 0 amide bonds. The van der Waals surface area contributed by atoms with E-state index in [4.69, 9.17) is 5.73 Å². The normalized spacial score (nSPS) is 10.7. The first-order valence-corrected chi connectivity index (χ1v) is 6.63. The van der Waals surface area contributed by atoms with E-state index in [1.165, 1.54) is 11.1 Å². The SMILES string of the molecule is Cc1cccc(CCc2nc(C)nc(CCN)n2)c1. The van der Waals surface area contributed by atoms with Crippen molar-refractivity contribution in [1.29, 1.82) is 0 Å². The monoisotopic (exact) mass is 256 g/mol. The van der Waals surface area contributed by atoms with Crippen LogP contribution in [0.3, 0.4) is 0 Å². The molecule has 2 N–H and O–H groups in total. The minimum Gasteiger partial charge on any atom is -0.330 e. The maximum absolute atomic E-state index is 5.54. The summed E-state index contributed by atoms with van der Waals surface area (Å²) in [6.45, 7) is 4.58. The molecule has 0 saturated heterocycles. The summed E-state index contributed by atoms with van der Waals surface area (Å²) in [6, 6.07) is 8.54. The van der Waals surface area contributed by atoms with Gasteiger partial charge in [0.25, 0.3) is 0 Å². The Hall–Kier alpha value is -1.81. The van der Waals surface area contributed by atoms with Crippen LogP contribution in [-0.4, -0.2) is 21.5 Å². The minimum absolute atomic E-state index is 0.570. The van der Waals surface area contributed by atoms with Crippen molar-refractivity contribution in [3.8, 4) is 0 Å². The van der Waals surface area contributed by atoms with E-state index >= 15 is 0 Å². The molecule has 0 fully saturated rings. The van der Waals surface area contributed by atoms with Crippen LogP contribution in [0.25, 0.3) is 0 Å². The lowest BCUT2D eigenvalue weighted by Gasteiger charge is -2.05. The zero-order valence-electron chi connectivity index (χ0n) is 11.6. The molecule has 0 aliphatic heterocycles. The van der Waals surface area contributed by atoms with Crippen LogP contribution in [0.1, 0.15) is 28.6 Å². The molecule has 0 atom stereocenters. The highest BCUT2D eigenvalue weighted by molar-refractivity contribution is 5.22. The second kappa shape index (κ2) is 6.38. The van der Waals surface area contributed by atoms with Crippen molar-refractivity contribution in [3.63, 3.8) is 0 Å². The molecule has 0 radical (unpaired) electrons. The number of aromatic nitrogens is 3. The highest BCUT2D eigenvalue weighted by Crippen LogP contribution is 2.07. The van der Waals surface area contributed by atoms with E-state index < -0.39 is 0 Å². The Kier molecular flexibility index (Phi) is 4.58. The molecule has 2 aromatic rings. The van der Waals surface area contributed by atoms with Crippen LogP contribution in [0.15, 0.2) is 24.3 Å². The van der Waals surface area contributed by atoms with Gasteiger partial charge in [-0.15, -0.1) is 0 Å². The van der Waals surface area contributed by atoms with E-state index in [1.807, 2.05) is 6.92 Å². The third kappa shape index (κ3) is 4.10. The van der Waals surface area contributed by atoms with Gasteiger partial charge in [-0.2, -0.15) is 0 Å². The number of hydrogen-bond acceptors (Lipinski definition) is 4. The van der Waals surface area contributed by atoms with Crippen LogP contribution in [0.2, 0.25) is 0 Å². The zero-order valence-corrected chi connectivity index (χ0v) is 11.6. The van der Waals surface area contributed by atoms with Crippen molar-refractivity contribution in [2.24, 2.45) is 5.73 Å². The van der Waals surface area contributed by atoms with Gasteiger partial charge < -0.3 is 5.73 Å². The summed E-state index contributed by atoms with van der Waals surface area (Å²) in [4.78, 5) is 13.1. The molecule has 0 aliphatic rings. The Bertz CT molecular complexity index is 552. The fourth-order valence-electron chi connectivity index (χ4n) is 2.07. The molecule has 4 heteroatoms. The van der Waals surface area contributed by atoms with E-state index in [-0.39, 0.29) is 0 Å². The van der Waals surface area contributed by atoms with Gasteiger partial charge in [-0.1, -0.05) is 29.8 Å². The van der Waals surface area contributed by atoms with Crippen molar-refractivity contribution in [1.82, 2.24) is 15.0 Å². The first-order chi connectivity index (χ1) is 9.17. The van der Waals surface area contributed by atoms with Gasteiger partial charge in [-0.05, 0) is 32.4 Å². The van der Waals surface area contributed by atoms with Gasteiger partial charge in [0.2, 0.25) is 0 Å². The van der Waals surface area contributed by atoms with Gasteiger partial charge in [-0.3, -0.25) is 0 Å². The number of nitrogens with zero attached hydrogens (tertiary/aromatic N) is 3. The van der Waals surface area contributed by atoms with Crippen molar-refractivity contribution in [3.05, 3.63) is 52.9 Å². The van der Waals surface area contributed by atoms with Crippen molar-refractivity contribution in [2.75, 3.05) is 6.54 Å². The average molecular weight is 256 g/mol. The second-order valence-corrected chi connectivity index (χ2v) is 4.74. The van der Waals surface area contributed by atoms with E-state index in [2.05, 4.69) is 46.1 Å². The lowest BCUT2D eigenvalue weighted by atomic mass is 10.1. The first kappa shape index (κ1) is 13.6. The fraction of sp³-hybridized carbons (Fsp3) is 0.400. The zero-order chi connectivity index (χ0) is 13.7. The third-order valence-electron chi connectivity index (χ3n) is 2.93. The van der Waals surface area contributed by atoms with Gasteiger partial charge in [0.05, 0.1) is 0 Å². The fourth-order valence-corrected chi connectivity index (χ4v) is 2.07. The summed E-state index contributed by atoms with van der Waals surface area (Å²) < 4.78 is 0. The van der Waals surface area contributed by atoms with E-state index in [0.717, 1.165) is 30.3 Å². The standard InChI is InChI=1S/C15H20N4/c1-11-4-3-5-13(10-11)6-7-14-17-12(2)18-15(19-14)8-9-16/h3-5,10H,6-9,16H2,1-2H3. The predicted octanol–water partition coefficient (Wildman–Crippen LogP) is 1.77. The molecule has 100 valence electrons. The van der Waals surface area contributed by atoms with Gasteiger partial charge >= 0.3 is 0 Å². The quantitative estimate of drug-likeness (QED) is 0.885. The summed E-state index contributed by atoms with van der Waals surface area (Å²) in [5, 5.41) is 0. The maximum atomic E-state index is 5.54. The van der Waals surface area contributed by atoms with E-state index in [1.54, 1.807) is 0 Å². The Morgan fingerprint density at radius 2 is 1.68 bits per heavy atom. The summed E-state index contributed by atoms with van der Waals surface area (Å²) in [5.74, 6) is 2.43. The van der Waals surface area contributed by atoms with Crippen LogP contribution in [-0.2, 0) is 19.3 Å². The Labute approximate surface area is 114 Å². The van der Waals surface area contributed by atoms with Crippen molar-refractivity contribution >= 4 is 0 Å². The van der Waals surface area contributed by atoms with Crippen molar-refractivity contribution in [2.45, 2.75) is 33.1 Å². The Balaban J connectivity index is 2.06. The second-order valence-electron chi connectivity index (χ2n) is 4.74. The first-order valence-electron chi connectivity index (χ1n) is 6.63. The van der Waals surface area contributed by atoms with Gasteiger partial charge in [0.1, 0.15) is 17.5 Å². The molecule has 1 aromatic carbocycles. The summed E-state index contributed by atoms with van der Waals surface area (Å²) in [5.41, 5.74) is 8.15. The van der Waals surface area contributed by atoms with Gasteiger partial charge in [0, 0.05) is 12.8 Å². The van der Waals surface area contributed by atoms with Crippen LogP contribution in [0.5, 0.6) is 0 Å². The molecule has 0 saturated carbocycles. The Morgan fingerprint density at radius 1 is 0.947 bits per heavy atom. The number of hydrogen-bond donors (Lipinski definition) is 1. The molecule has 0 unspecified atom stereocenters. The molecule has 4 nitrogen and oxygen atoms in total. The van der Waals surface area contributed by atoms with E-state index in [0.29, 0.717) is 13.0 Å². The largest absolute Gasteiger partial charge is 0.330 e. The number of rotatable bonds is 5. The molecule has 0 aliphatic carbocycles. The summed E-state index contributed by atoms with van der Waals surface area (Å²) >= 11 is 0. The van der Waals surface area contributed by atoms with Crippen LogP contribution in [0.4, 0.5) is 0 Å². The van der Waals surface area contributed by atoms with Gasteiger partial charge in [-0.25, -0.2) is 15.0 Å².